The average molecular weight is 715 g/mol. The van der Waals surface area contributed by atoms with Gasteiger partial charge < -0.3 is 9.80 Å². The van der Waals surface area contributed by atoms with Crippen molar-refractivity contribution in [1.82, 2.24) is 0 Å². The van der Waals surface area contributed by atoms with Crippen LogP contribution in [0.4, 0.5) is 34.1 Å². The number of para-hydroxylation sites is 1. The quantitative estimate of drug-likeness (QED) is 0.114. The van der Waals surface area contributed by atoms with Crippen LogP contribution < -0.4 is 9.80 Å². The van der Waals surface area contributed by atoms with Gasteiger partial charge in [-0.15, -0.1) is 0 Å². The molecule has 0 heterocycles. The second-order valence-corrected chi connectivity index (χ2v) is 14.2. The van der Waals surface area contributed by atoms with E-state index in [0.717, 1.165) is 45.3 Å². The molecule has 0 N–H and O–H groups in total. The molecule has 0 aliphatic heterocycles. The molecule has 264 valence electrons. The fourth-order valence-electron chi connectivity index (χ4n) is 8.10. The molecule has 0 saturated carbocycles. The smallest absolute Gasteiger partial charge is 0.0546 e. The molecule has 0 fully saturated rings. The zero-order chi connectivity index (χ0) is 37.3. The lowest BCUT2D eigenvalue weighted by molar-refractivity contribution is 1.30. The number of nitrogens with zero attached hydrogens (tertiary/aromatic N) is 2. The first-order chi connectivity index (χ1) is 27.8. The van der Waals surface area contributed by atoms with Crippen LogP contribution in [0, 0.1) is 0 Å². The van der Waals surface area contributed by atoms with Crippen LogP contribution in [0.3, 0.4) is 0 Å². The van der Waals surface area contributed by atoms with Gasteiger partial charge in [-0.1, -0.05) is 176 Å². The Morgan fingerprint density at radius 3 is 1.23 bits per heavy atom. The minimum absolute atomic E-state index is 1.11. The molecule has 2 nitrogen and oxygen atoms in total. The summed E-state index contributed by atoms with van der Waals surface area (Å²) in [6.07, 6.45) is 4.40. The molecule has 0 radical (unpaired) electrons. The number of fused-ring (bicyclic) bond motifs is 5. The van der Waals surface area contributed by atoms with E-state index < -0.39 is 0 Å². The Bertz CT molecular complexity index is 2930. The maximum Gasteiger partial charge on any atom is 0.0546 e. The lowest BCUT2D eigenvalue weighted by Gasteiger charge is -2.28. The third-order valence-electron chi connectivity index (χ3n) is 10.8. The van der Waals surface area contributed by atoms with E-state index in [1.165, 1.54) is 43.1 Å². The molecule has 0 amide bonds. The number of anilines is 6. The number of hydrogen-bond donors (Lipinski definition) is 0. The highest BCUT2D eigenvalue weighted by atomic mass is 15.1. The normalized spacial score (nSPS) is 11.5. The highest BCUT2D eigenvalue weighted by molar-refractivity contribution is 6.14. The first-order valence-corrected chi connectivity index (χ1v) is 19.2. The molecule has 0 aromatic heterocycles. The molecule has 56 heavy (non-hydrogen) atoms. The van der Waals surface area contributed by atoms with Crippen molar-refractivity contribution in [3.8, 4) is 0 Å². The maximum absolute atomic E-state index is 2.40. The van der Waals surface area contributed by atoms with Gasteiger partial charge in [-0.2, -0.15) is 0 Å². The van der Waals surface area contributed by atoms with Crippen LogP contribution in [-0.4, -0.2) is 0 Å². The Hall–Kier alpha value is -7.42. The summed E-state index contributed by atoms with van der Waals surface area (Å²) in [6.45, 7) is 0. The Balaban J connectivity index is 0.987. The van der Waals surface area contributed by atoms with Crippen LogP contribution in [0.5, 0.6) is 0 Å². The zero-order valence-electron chi connectivity index (χ0n) is 30.8. The minimum Gasteiger partial charge on any atom is -0.310 e. The molecular formula is C54H38N2. The second kappa shape index (κ2) is 14.4. The lowest BCUT2D eigenvalue weighted by atomic mass is 9.99. The van der Waals surface area contributed by atoms with Gasteiger partial charge in [0, 0.05) is 33.2 Å². The summed E-state index contributed by atoms with van der Waals surface area (Å²) in [6, 6.07) is 78.5. The first-order valence-electron chi connectivity index (χ1n) is 19.2. The SMILES string of the molecule is C(=C\c1ccc(N(c2ccccc2)c2cc3ccccc3c3ccccc23)cc1)/c1ccc(N(c2cccc3ccccc23)c2cccc3ccccc23)cc1. The topological polar surface area (TPSA) is 6.48 Å². The Morgan fingerprint density at radius 2 is 0.661 bits per heavy atom. The highest BCUT2D eigenvalue weighted by Crippen LogP contribution is 2.43. The molecule has 10 aromatic rings. The van der Waals surface area contributed by atoms with E-state index in [9.17, 15) is 0 Å². The predicted molar refractivity (Wildman–Crippen MR) is 241 cm³/mol. The lowest BCUT2D eigenvalue weighted by Crippen LogP contribution is -2.11. The van der Waals surface area contributed by atoms with Crippen LogP contribution in [0.1, 0.15) is 11.1 Å². The molecule has 2 heteroatoms. The van der Waals surface area contributed by atoms with Crippen LogP contribution in [0.2, 0.25) is 0 Å². The van der Waals surface area contributed by atoms with Gasteiger partial charge >= 0.3 is 0 Å². The molecule has 0 unspecified atom stereocenters. The molecule has 0 spiro atoms. The molecular weight excluding hydrogens is 677 g/mol. The van der Waals surface area contributed by atoms with E-state index in [-0.39, 0.29) is 0 Å². The minimum atomic E-state index is 1.11. The zero-order valence-corrected chi connectivity index (χ0v) is 30.8. The van der Waals surface area contributed by atoms with E-state index in [2.05, 4.69) is 240 Å². The fraction of sp³-hybridized carbons (Fsp3) is 0. The molecule has 0 bridgehead atoms. The van der Waals surface area contributed by atoms with Gasteiger partial charge in [-0.25, -0.2) is 0 Å². The van der Waals surface area contributed by atoms with Crippen molar-refractivity contribution in [2.45, 2.75) is 0 Å². The predicted octanol–water partition coefficient (Wildman–Crippen LogP) is 15.4. The summed E-state index contributed by atoms with van der Waals surface area (Å²) in [7, 11) is 0. The van der Waals surface area contributed by atoms with Gasteiger partial charge in [-0.3, -0.25) is 0 Å². The van der Waals surface area contributed by atoms with Crippen molar-refractivity contribution < 1.29 is 0 Å². The van der Waals surface area contributed by atoms with E-state index in [0.29, 0.717) is 0 Å². The third kappa shape index (κ3) is 6.14. The van der Waals surface area contributed by atoms with Gasteiger partial charge in [0.1, 0.15) is 0 Å². The molecule has 0 aliphatic rings. The van der Waals surface area contributed by atoms with Gasteiger partial charge in [0.2, 0.25) is 0 Å². The van der Waals surface area contributed by atoms with Crippen LogP contribution in [0.25, 0.3) is 55.2 Å². The number of hydrogen-bond acceptors (Lipinski definition) is 2. The molecule has 0 atom stereocenters. The largest absolute Gasteiger partial charge is 0.310 e. The summed E-state index contributed by atoms with van der Waals surface area (Å²) >= 11 is 0. The molecule has 0 saturated heterocycles. The van der Waals surface area contributed by atoms with E-state index in [1.54, 1.807) is 0 Å². The molecule has 10 rings (SSSR count). The van der Waals surface area contributed by atoms with Gasteiger partial charge in [0.25, 0.3) is 0 Å². The maximum atomic E-state index is 2.40. The molecule has 10 aromatic carbocycles. The van der Waals surface area contributed by atoms with Gasteiger partial charge in [-0.05, 0) is 92.7 Å². The van der Waals surface area contributed by atoms with Crippen molar-refractivity contribution >= 4 is 89.4 Å². The van der Waals surface area contributed by atoms with Crippen LogP contribution in [-0.2, 0) is 0 Å². The van der Waals surface area contributed by atoms with Crippen molar-refractivity contribution in [2.24, 2.45) is 0 Å². The van der Waals surface area contributed by atoms with Crippen molar-refractivity contribution in [3.05, 3.63) is 230 Å². The standard InChI is InChI=1S/C54H38N2/c1-2-19-44(20-3-1)55(54-38-43-16-6-7-21-47(43)50-24-10-11-25-51(50)54)45-34-30-39(31-35-45)28-29-40-32-36-46(37-33-40)56(52-26-12-17-41-14-4-8-22-48(41)52)53-27-13-18-42-15-5-9-23-49(42)53/h1-38H/b29-28+. The fourth-order valence-corrected chi connectivity index (χ4v) is 8.10. The summed E-state index contributed by atoms with van der Waals surface area (Å²) in [4.78, 5) is 4.77. The number of benzene rings is 10. The number of rotatable bonds is 8. The third-order valence-corrected chi connectivity index (χ3v) is 10.8. The summed E-state index contributed by atoms with van der Waals surface area (Å²) in [5.41, 5.74) is 9.10. The van der Waals surface area contributed by atoms with Crippen molar-refractivity contribution in [2.75, 3.05) is 9.80 Å². The Morgan fingerprint density at radius 1 is 0.250 bits per heavy atom. The Labute approximate surface area is 327 Å². The van der Waals surface area contributed by atoms with E-state index in [4.69, 9.17) is 0 Å². The summed E-state index contributed by atoms with van der Waals surface area (Å²) in [5.74, 6) is 0. The van der Waals surface area contributed by atoms with E-state index in [1.807, 2.05) is 0 Å². The monoisotopic (exact) mass is 714 g/mol. The van der Waals surface area contributed by atoms with Crippen molar-refractivity contribution in [3.63, 3.8) is 0 Å². The van der Waals surface area contributed by atoms with Crippen molar-refractivity contribution in [1.29, 1.82) is 0 Å². The van der Waals surface area contributed by atoms with E-state index >= 15 is 0 Å². The highest BCUT2D eigenvalue weighted by Gasteiger charge is 2.19. The van der Waals surface area contributed by atoms with Crippen LogP contribution in [0.15, 0.2) is 218 Å². The average Bonchev–Trinajstić information content (AvgIpc) is 3.27. The Kier molecular flexibility index (Phi) is 8.55. The molecule has 0 aliphatic carbocycles. The van der Waals surface area contributed by atoms with Gasteiger partial charge in [0.05, 0.1) is 17.1 Å². The summed E-state index contributed by atoms with van der Waals surface area (Å²) < 4.78 is 0. The second-order valence-electron chi connectivity index (χ2n) is 14.2. The first kappa shape index (κ1) is 33.2. The van der Waals surface area contributed by atoms with Gasteiger partial charge in [0.15, 0.2) is 0 Å². The summed E-state index contributed by atoms with van der Waals surface area (Å²) in [5, 5.41) is 9.85. The van der Waals surface area contributed by atoms with Crippen LogP contribution >= 0.6 is 0 Å².